The Bertz CT molecular complexity index is 1900. The number of sulfonamides is 1. The molecule has 0 aliphatic heterocycles. The predicted molar refractivity (Wildman–Crippen MR) is 168 cm³/mol. The van der Waals surface area contributed by atoms with Crippen LogP contribution in [0.15, 0.2) is 106 Å². The molecule has 5 aromatic rings. The lowest BCUT2D eigenvalue weighted by atomic mass is 10.1. The van der Waals surface area contributed by atoms with Gasteiger partial charge in [-0.2, -0.15) is 4.72 Å². The van der Waals surface area contributed by atoms with Crippen molar-refractivity contribution in [2.45, 2.75) is 31.7 Å². The number of benzene rings is 4. The van der Waals surface area contributed by atoms with Crippen LogP contribution >= 0.6 is 0 Å². The first kappa shape index (κ1) is 30.5. The van der Waals surface area contributed by atoms with Crippen LogP contribution in [0.4, 0.5) is 5.69 Å². The molecule has 1 aromatic heterocycles. The van der Waals surface area contributed by atoms with Gasteiger partial charge in [-0.1, -0.05) is 62.4 Å². The van der Waals surface area contributed by atoms with Crippen LogP contribution in [0.2, 0.25) is 0 Å². The van der Waals surface area contributed by atoms with E-state index < -0.39 is 27.9 Å². The van der Waals surface area contributed by atoms with Crippen LogP contribution in [0, 0.1) is 12.8 Å². The van der Waals surface area contributed by atoms with Crippen LogP contribution in [0.25, 0.3) is 22.1 Å². The van der Waals surface area contributed by atoms with Gasteiger partial charge in [0.2, 0.25) is 10.0 Å². The van der Waals surface area contributed by atoms with E-state index in [1.807, 2.05) is 61.5 Å². The zero-order valence-electron chi connectivity index (χ0n) is 24.7. The third-order valence-corrected chi connectivity index (χ3v) is 8.59. The molecule has 0 saturated carbocycles. The lowest BCUT2D eigenvalue weighted by molar-refractivity contribution is -0.143. The molecule has 1 heterocycles. The first-order valence-corrected chi connectivity index (χ1v) is 15.4. The van der Waals surface area contributed by atoms with Gasteiger partial charge in [0.15, 0.2) is 5.76 Å². The number of aryl methyl sites for hydroxylation is 1. The summed E-state index contributed by atoms with van der Waals surface area (Å²) in [4.78, 5) is 25.3. The molecule has 4 aromatic carbocycles. The molecule has 226 valence electrons. The van der Waals surface area contributed by atoms with Crippen LogP contribution in [-0.4, -0.2) is 33.4 Å². The van der Waals surface area contributed by atoms with Crippen LogP contribution in [-0.2, 0) is 19.6 Å². The third kappa shape index (κ3) is 6.51. The minimum absolute atomic E-state index is 0.0261. The molecule has 2 N–H and O–H groups in total. The topological polar surface area (TPSA) is 124 Å². The average molecular weight is 613 g/mol. The monoisotopic (exact) mass is 612 g/mol. The van der Waals surface area contributed by atoms with Crippen LogP contribution in [0.1, 0.15) is 30.0 Å². The second-order valence-electron chi connectivity index (χ2n) is 10.5. The highest BCUT2D eigenvalue weighted by Crippen LogP contribution is 2.36. The van der Waals surface area contributed by atoms with E-state index >= 15 is 0 Å². The van der Waals surface area contributed by atoms with Gasteiger partial charge in [-0.15, -0.1) is 0 Å². The van der Waals surface area contributed by atoms with Gasteiger partial charge in [-0.05, 0) is 72.5 Å². The Balaban J connectivity index is 1.29. The Kier molecular flexibility index (Phi) is 8.84. The quantitative estimate of drug-likeness (QED) is 0.164. The van der Waals surface area contributed by atoms with Gasteiger partial charge in [0.1, 0.15) is 23.1 Å². The molecule has 1 atom stereocenters. The van der Waals surface area contributed by atoms with E-state index in [1.54, 1.807) is 44.2 Å². The van der Waals surface area contributed by atoms with E-state index in [9.17, 15) is 18.0 Å². The van der Waals surface area contributed by atoms with Crippen molar-refractivity contribution in [3.63, 3.8) is 0 Å². The minimum Gasteiger partial charge on any atom is -0.468 e. The molecule has 9 nitrogen and oxygen atoms in total. The van der Waals surface area contributed by atoms with E-state index in [1.165, 1.54) is 19.2 Å². The van der Waals surface area contributed by atoms with Gasteiger partial charge >= 0.3 is 5.97 Å². The van der Waals surface area contributed by atoms with E-state index in [2.05, 4.69) is 10.0 Å². The van der Waals surface area contributed by atoms with Crippen LogP contribution < -0.4 is 14.8 Å². The Morgan fingerprint density at radius 1 is 0.818 bits per heavy atom. The standard InChI is InChI=1S/C34H32N2O7S/c1-21(2)31(34(38)41-4)36-44(39,40)27-19-15-24(16-20-27)23-13-17-25(18-14-23)35-33(37)32-22(3)30-28(11-8-12-29(30)43-32)42-26-9-6-5-7-10-26/h5-21,31,36H,1-4H3,(H,35,37). The lowest BCUT2D eigenvalue weighted by Crippen LogP contribution is -2.44. The van der Waals surface area contributed by atoms with Crippen LogP contribution in [0.5, 0.6) is 11.5 Å². The number of rotatable bonds is 10. The number of carbonyl (C=O) groups is 2. The number of nitrogens with one attached hydrogen (secondary N) is 2. The highest BCUT2D eigenvalue weighted by atomic mass is 32.2. The van der Waals surface area contributed by atoms with Crippen molar-refractivity contribution in [3.8, 4) is 22.6 Å². The highest BCUT2D eigenvalue weighted by molar-refractivity contribution is 7.89. The van der Waals surface area contributed by atoms with E-state index in [4.69, 9.17) is 13.9 Å². The number of para-hydroxylation sites is 1. The fourth-order valence-electron chi connectivity index (χ4n) is 4.76. The number of carbonyl (C=O) groups excluding carboxylic acids is 2. The number of anilines is 1. The summed E-state index contributed by atoms with van der Waals surface area (Å²) in [7, 11) is -2.73. The Labute approximate surface area is 255 Å². The lowest BCUT2D eigenvalue weighted by Gasteiger charge is -2.19. The molecule has 0 spiro atoms. The van der Waals surface area contributed by atoms with Gasteiger partial charge in [0.25, 0.3) is 5.91 Å². The molecule has 44 heavy (non-hydrogen) atoms. The summed E-state index contributed by atoms with van der Waals surface area (Å²) in [6.07, 6.45) is 0. The fourth-order valence-corrected chi connectivity index (χ4v) is 6.09. The Morgan fingerprint density at radius 2 is 1.45 bits per heavy atom. The smallest absolute Gasteiger partial charge is 0.324 e. The molecular formula is C34H32N2O7S. The van der Waals surface area contributed by atoms with Crippen molar-refractivity contribution >= 4 is 38.6 Å². The SMILES string of the molecule is COC(=O)C(NS(=O)(=O)c1ccc(-c2ccc(NC(=O)c3oc4cccc(Oc5ccccc5)c4c3C)cc2)cc1)C(C)C. The number of hydrogen-bond acceptors (Lipinski definition) is 7. The molecule has 1 unspecified atom stereocenters. The normalized spacial score (nSPS) is 12.2. The summed E-state index contributed by atoms with van der Waals surface area (Å²) in [5, 5.41) is 3.60. The van der Waals surface area contributed by atoms with Crippen molar-refractivity contribution in [1.82, 2.24) is 4.72 Å². The molecule has 1 amide bonds. The number of esters is 1. The maximum atomic E-state index is 13.2. The number of hydrogen-bond donors (Lipinski definition) is 2. The molecule has 0 aliphatic carbocycles. The maximum absolute atomic E-state index is 13.2. The van der Waals surface area contributed by atoms with Crippen molar-refractivity contribution < 1.29 is 31.9 Å². The molecule has 0 saturated heterocycles. The van der Waals surface area contributed by atoms with Gasteiger partial charge in [0, 0.05) is 11.3 Å². The summed E-state index contributed by atoms with van der Waals surface area (Å²) < 4.78 is 44.9. The van der Waals surface area contributed by atoms with Gasteiger partial charge in [-0.25, -0.2) is 8.42 Å². The molecule has 10 heteroatoms. The van der Waals surface area contributed by atoms with Gasteiger partial charge in [-0.3, -0.25) is 9.59 Å². The van der Waals surface area contributed by atoms with Gasteiger partial charge in [0.05, 0.1) is 17.4 Å². The van der Waals surface area contributed by atoms with E-state index in [-0.39, 0.29) is 16.6 Å². The zero-order valence-corrected chi connectivity index (χ0v) is 25.5. The Hall–Kier alpha value is -4.93. The first-order chi connectivity index (χ1) is 21.1. The summed E-state index contributed by atoms with van der Waals surface area (Å²) in [5.74, 6) is 0.118. The average Bonchev–Trinajstić information content (AvgIpc) is 3.37. The van der Waals surface area contributed by atoms with Crippen molar-refractivity contribution in [1.29, 1.82) is 0 Å². The molecular weight excluding hydrogens is 580 g/mol. The predicted octanol–water partition coefficient (Wildman–Crippen LogP) is 6.93. The first-order valence-electron chi connectivity index (χ1n) is 13.9. The minimum atomic E-state index is -3.95. The summed E-state index contributed by atoms with van der Waals surface area (Å²) in [6.45, 7) is 5.28. The van der Waals surface area contributed by atoms with Crippen LogP contribution in [0.3, 0.4) is 0 Å². The zero-order chi connectivity index (χ0) is 31.4. The van der Waals surface area contributed by atoms with E-state index in [0.717, 1.165) is 16.5 Å². The largest absolute Gasteiger partial charge is 0.468 e. The summed E-state index contributed by atoms with van der Waals surface area (Å²) in [5.41, 5.74) is 3.36. The Morgan fingerprint density at radius 3 is 2.07 bits per heavy atom. The number of ether oxygens (including phenoxy) is 2. The summed E-state index contributed by atoms with van der Waals surface area (Å²) >= 11 is 0. The summed E-state index contributed by atoms with van der Waals surface area (Å²) in [6, 6.07) is 27.3. The molecule has 5 rings (SSSR count). The maximum Gasteiger partial charge on any atom is 0.324 e. The molecule has 0 bridgehead atoms. The number of amides is 1. The van der Waals surface area contributed by atoms with Crippen molar-refractivity contribution in [3.05, 3.63) is 108 Å². The second-order valence-corrected chi connectivity index (χ2v) is 12.2. The third-order valence-electron chi connectivity index (χ3n) is 7.14. The van der Waals surface area contributed by atoms with Gasteiger partial charge < -0.3 is 19.2 Å². The number of fused-ring (bicyclic) bond motifs is 1. The fraction of sp³-hybridized carbons (Fsp3) is 0.176. The number of methoxy groups -OCH3 is 1. The molecule has 0 radical (unpaired) electrons. The second kappa shape index (κ2) is 12.7. The molecule has 0 fully saturated rings. The highest BCUT2D eigenvalue weighted by Gasteiger charge is 2.29. The van der Waals surface area contributed by atoms with Crippen molar-refractivity contribution in [2.24, 2.45) is 5.92 Å². The molecule has 0 aliphatic rings. The van der Waals surface area contributed by atoms with E-state index in [0.29, 0.717) is 28.3 Å². The van der Waals surface area contributed by atoms with Crippen molar-refractivity contribution in [2.75, 3.05) is 12.4 Å². The number of furan rings is 1.